The lowest BCUT2D eigenvalue weighted by Gasteiger charge is -2.13. The van der Waals surface area contributed by atoms with Gasteiger partial charge in [0.15, 0.2) is 0 Å². The summed E-state index contributed by atoms with van der Waals surface area (Å²) >= 11 is 0. The van der Waals surface area contributed by atoms with Gasteiger partial charge in [0.05, 0.1) is 6.34 Å². The molecule has 1 N–H and O–H groups in total. The van der Waals surface area contributed by atoms with Gasteiger partial charge < -0.3 is 5.32 Å². The lowest BCUT2D eigenvalue weighted by Crippen LogP contribution is -2.07. The van der Waals surface area contributed by atoms with Crippen molar-refractivity contribution in [1.82, 2.24) is 0 Å². The maximum absolute atomic E-state index is 11.7. The second-order valence-electron chi connectivity index (χ2n) is 3.76. The minimum Gasteiger partial charge on any atom is -0.346 e. The third kappa shape index (κ3) is 2.33. The molecule has 0 atom stereocenters. The van der Waals surface area contributed by atoms with E-state index in [1.165, 1.54) is 0 Å². The number of para-hydroxylation sites is 1. The molecule has 2 rings (SSSR count). The minimum absolute atomic E-state index is 0.777. The predicted molar refractivity (Wildman–Crippen MR) is 66.4 cm³/mol. The summed E-state index contributed by atoms with van der Waals surface area (Å²) in [6.45, 7) is 0. The monoisotopic (exact) mass is 221 g/mol. The molecular weight excluding hydrogens is 208 g/mol. The Morgan fingerprint density at radius 2 is 2.07 bits per heavy atom. The normalized spacial score (nSPS) is 17.3. The van der Waals surface area contributed by atoms with Gasteiger partial charge in [-0.1, -0.05) is 18.2 Å². The Kier molecular flexibility index (Phi) is 2.44. The molecular formula is C11H13N2OS+. The van der Waals surface area contributed by atoms with E-state index in [4.69, 9.17) is 0 Å². The summed E-state index contributed by atoms with van der Waals surface area (Å²) in [5.74, 6) is 0. The van der Waals surface area contributed by atoms with Gasteiger partial charge in [0.1, 0.15) is 33.5 Å². The van der Waals surface area contributed by atoms with E-state index in [2.05, 4.69) is 10.3 Å². The van der Waals surface area contributed by atoms with E-state index in [9.17, 15) is 4.21 Å². The standard InChI is InChI=1S/C11H13N2OS/c1-15(2,14)7-11-9-5-3-4-6-10(9)12-8-13-11/h3-8H,1-2H3,(H,12,13)/q+1/b11-7-. The van der Waals surface area contributed by atoms with E-state index in [0.717, 1.165) is 16.9 Å². The molecule has 1 aromatic carbocycles. The van der Waals surface area contributed by atoms with Crippen LogP contribution < -0.4 is 5.32 Å². The molecule has 1 aliphatic rings. The number of aliphatic imine (C=N–C) groups is 1. The molecule has 0 unspecified atom stereocenters. The maximum atomic E-state index is 11.7. The summed E-state index contributed by atoms with van der Waals surface area (Å²) in [4.78, 5) is 4.20. The van der Waals surface area contributed by atoms with Gasteiger partial charge in [-0.15, -0.1) is 4.21 Å². The van der Waals surface area contributed by atoms with Crippen molar-refractivity contribution in [3.63, 3.8) is 0 Å². The van der Waals surface area contributed by atoms with E-state index in [1.54, 1.807) is 24.3 Å². The van der Waals surface area contributed by atoms with E-state index in [-0.39, 0.29) is 0 Å². The van der Waals surface area contributed by atoms with E-state index < -0.39 is 9.93 Å². The zero-order valence-corrected chi connectivity index (χ0v) is 9.54. The van der Waals surface area contributed by atoms with Gasteiger partial charge in [-0.05, 0) is 6.07 Å². The van der Waals surface area contributed by atoms with Gasteiger partial charge >= 0.3 is 0 Å². The Balaban J connectivity index is 2.52. The maximum Gasteiger partial charge on any atom is 0.148 e. The largest absolute Gasteiger partial charge is 0.346 e. The van der Waals surface area contributed by atoms with Crippen molar-refractivity contribution in [2.45, 2.75) is 0 Å². The summed E-state index contributed by atoms with van der Waals surface area (Å²) < 4.78 is 11.7. The number of hydrogen-bond donors (Lipinski definition) is 1. The van der Waals surface area contributed by atoms with Gasteiger partial charge in [-0.25, -0.2) is 4.99 Å². The van der Waals surface area contributed by atoms with E-state index >= 15 is 0 Å². The molecule has 1 aromatic rings. The summed E-state index contributed by atoms with van der Waals surface area (Å²) in [6, 6.07) is 7.84. The SMILES string of the molecule is C[S+](C)(=O)/C=C1\N=CNc2ccccc21. The third-order valence-corrected chi connectivity index (χ3v) is 2.81. The van der Waals surface area contributed by atoms with Crippen LogP contribution in [0.4, 0.5) is 5.69 Å². The molecule has 0 bridgehead atoms. The van der Waals surface area contributed by atoms with Crippen LogP contribution in [0.2, 0.25) is 0 Å². The summed E-state index contributed by atoms with van der Waals surface area (Å²) in [5.41, 5.74) is 2.78. The van der Waals surface area contributed by atoms with Crippen molar-refractivity contribution in [3.8, 4) is 0 Å². The zero-order valence-electron chi connectivity index (χ0n) is 8.73. The third-order valence-electron chi connectivity index (χ3n) is 2.02. The van der Waals surface area contributed by atoms with Gasteiger partial charge in [0.25, 0.3) is 0 Å². The lowest BCUT2D eigenvalue weighted by atomic mass is 10.1. The predicted octanol–water partition coefficient (Wildman–Crippen LogP) is 2.20. The number of anilines is 1. The number of fused-ring (bicyclic) bond motifs is 1. The van der Waals surface area contributed by atoms with E-state index in [0.29, 0.717) is 0 Å². The summed E-state index contributed by atoms with van der Waals surface area (Å²) in [5, 5.41) is 4.78. The van der Waals surface area contributed by atoms with E-state index in [1.807, 2.05) is 24.3 Å². The van der Waals surface area contributed by atoms with Crippen LogP contribution in [0.5, 0.6) is 0 Å². The van der Waals surface area contributed by atoms with Crippen molar-refractivity contribution < 1.29 is 4.21 Å². The van der Waals surface area contributed by atoms with Crippen molar-refractivity contribution in [2.24, 2.45) is 4.99 Å². The average Bonchev–Trinajstić information content (AvgIpc) is 2.16. The quantitative estimate of drug-likeness (QED) is 0.739. The zero-order chi connectivity index (χ0) is 10.9. The fraction of sp³-hybridized carbons (Fsp3) is 0.182. The number of nitrogens with one attached hydrogen (secondary N) is 1. The molecule has 0 radical (unpaired) electrons. The highest BCUT2D eigenvalue weighted by Gasteiger charge is 2.16. The number of benzene rings is 1. The molecule has 78 valence electrons. The Bertz CT molecular complexity index is 485. The molecule has 4 heteroatoms. The second-order valence-corrected chi connectivity index (χ2v) is 6.61. The van der Waals surface area contributed by atoms with Crippen LogP contribution in [0.25, 0.3) is 5.70 Å². The first-order chi connectivity index (χ1) is 7.06. The molecule has 0 aromatic heterocycles. The molecule has 0 aliphatic carbocycles. The van der Waals surface area contributed by atoms with Crippen molar-refractivity contribution in [3.05, 3.63) is 35.2 Å². The fourth-order valence-electron chi connectivity index (χ4n) is 1.44. The first-order valence-corrected chi connectivity index (χ1v) is 7.04. The molecule has 15 heavy (non-hydrogen) atoms. The fourth-order valence-corrected chi connectivity index (χ4v) is 2.16. The molecule has 1 aliphatic heterocycles. The molecule has 3 nitrogen and oxygen atoms in total. The van der Waals surface area contributed by atoms with Crippen molar-refractivity contribution in [1.29, 1.82) is 0 Å². The number of nitrogens with zero attached hydrogens (tertiary/aromatic N) is 1. The Hall–Kier alpha value is -1.42. The van der Waals surface area contributed by atoms with Crippen LogP contribution in [-0.4, -0.2) is 18.9 Å². The van der Waals surface area contributed by atoms with Gasteiger partial charge in [-0.3, -0.25) is 0 Å². The first kappa shape index (κ1) is 10.1. The Labute approximate surface area is 90.3 Å². The highest BCUT2D eigenvalue weighted by Crippen LogP contribution is 2.28. The van der Waals surface area contributed by atoms with Crippen LogP contribution in [0, 0.1) is 0 Å². The molecule has 0 spiro atoms. The highest BCUT2D eigenvalue weighted by atomic mass is 32.2. The topological polar surface area (TPSA) is 41.5 Å². The molecule has 0 amide bonds. The number of hydrogen-bond acceptors (Lipinski definition) is 3. The first-order valence-electron chi connectivity index (χ1n) is 4.61. The molecule has 0 fully saturated rings. The van der Waals surface area contributed by atoms with Crippen molar-refractivity contribution >= 4 is 27.7 Å². The lowest BCUT2D eigenvalue weighted by molar-refractivity contribution is 0.596. The summed E-state index contributed by atoms with van der Waals surface area (Å²) in [6.07, 6.45) is 5.04. The van der Waals surface area contributed by atoms with Crippen molar-refractivity contribution in [2.75, 3.05) is 17.8 Å². The van der Waals surface area contributed by atoms with Crippen LogP contribution in [0.1, 0.15) is 5.56 Å². The average molecular weight is 221 g/mol. The molecule has 1 heterocycles. The highest BCUT2D eigenvalue weighted by molar-refractivity contribution is 8.04. The Morgan fingerprint density at radius 3 is 2.80 bits per heavy atom. The van der Waals surface area contributed by atoms with Crippen LogP contribution in [0.15, 0.2) is 34.7 Å². The van der Waals surface area contributed by atoms with Gasteiger partial charge in [0, 0.05) is 11.3 Å². The second kappa shape index (κ2) is 3.62. The number of rotatable bonds is 1. The van der Waals surface area contributed by atoms with Gasteiger partial charge in [0.2, 0.25) is 0 Å². The Morgan fingerprint density at radius 1 is 1.33 bits per heavy atom. The smallest absolute Gasteiger partial charge is 0.148 e. The molecule has 0 saturated heterocycles. The van der Waals surface area contributed by atoms with Gasteiger partial charge in [-0.2, -0.15) is 0 Å². The minimum atomic E-state index is -1.92. The van der Waals surface area contributed by atoms with Crippen LogP contribution >= 0.6 is 0 Å². The molecule has 0 saturated carbocycles. The van der Waals surface area contributed by atoms with Crippen LogP contribution in [-0.2, 0) is 14.1 Å². The van der Waals surface area contributed by atoms with Crippen LogP contribution in [0.3, 0.4) is 0 Å². The summed E-state index contributed by atoms with van der Waals surface area (Å²) in [7, 11) is -1.92.